The highest BCUT2D eigenvalue weighted by Crippen LogP contribution is 2.12. The first kappa shape index (κ1) is 9.45. The number of cyclic esters (lactones) is 2. The molecule has 0 saturated carbocycles. The zero-order chi connectivity index (χ0) is 10.7. The van der Waals surface area contributed by atoms with Crippen molar-refractivity contribution in [3.05, 3.63) is 24.5 Å². The first-order valence-electron chi connectivity index (χ1n) is 4.29. The Balaban J connectivity index is 2.00. The van der Waals surface area contributed by atoms with Crippen LogP contribution in [0.3, 0.4) is 0 Å². The van der Waals surface area contributed by atoms with Crippen LogP contribution in [-0.2, 0) is 19.1 Å². The van der Waals surface area contributed by atoms with Gasteiger partial charge in [0.05, 0.1) is 11.9 Å². The van der Waals surface area contributed by atoms with Gasteiger partial charge in [0.25, 0.3) is 0 Å². The van der Waals surface area contributed by atoms with Gasteiger partial charge in [-0.15, -0.1) is 0 Å². The van der Waals surface area contributed by atoms with E-state index in [1.165, 1.54) is 6.20 Å². The van der Waals surface area contributed by atoms with Crippen molar-refractivity contribution in [3.8, 4) is 0 Å². The van der Waals surface area contributed by atoms with Gasteiger partial charge >= 0.3 is 18.4 Å². The topological polar surface area (TPSA) is 77.5 Å². The first-order chi connectivity index (χ1) is 7.24. The number of hydrogen-bond donors (Lipinski definition) is 1. The van der Waals surface area contributed by atoms with Crippen molar-refractivity contribution in [1.82, 2.24) is 4.98 Å². The van der Waals surface area contributed by atoms with Gasteiger partial charge in [-0.05, 0) is 12.1 Å². The van der Waals surface area contributed by atoms with Crippen molar-refractivity contribution in [2.75, 3.05) is 5.32 Å². The van der Waals surface area contributed by atoms with E-state index in [0.717, 1.165) is 0 Å². The lowest BCUT2D eigenvalue weighted by molar-refractivity contribution is -0.197. The van der Waals surface area contributed by atoms with E-state index in [4.69, 9.17) is 9.47 Å². The minimum Gasteiger partial charge on any atom is -0.406 e. The largest absolute Gasteiger partial charge is 0.406 e. The third kappa shape index (κ3) is 2.43. The lowest BCUT2D eigenvalue weighted by Crippen LogP contribution is -2.37. The maximum Gasteiger partial charge on any atom is 0.329 e. The highest BCUT2D eigenvalue weighted by atomic mass is 16.7. The lowest BCUT2D eigenvalue weighted by Gasteiger charge is -2.23. The van der Waals surface area contributed by atoms with E-state index in [0.29, 0.717) is 5.69 Å². The number of nitrogens with zero attached hydrogens (tertiary/aromatic N) is 1. The summed E-state index contributed by atoms with van der Waals surface area (Å²) >= 11 is 0. The summed E-state index contributed by atoms with van der Waals surface area (Å²) in [6, 6.07) is 3.41. The molecule has 6 nitrogen and oxygen atoms in total. The van der Waals surface area contributed by atoms with Gasteiger partial charge in [0.15, 0.2) is 0 Å². The molecule has 0 bridgehead atoms. The molecule has 1 saturated heterocycles. The van der Waals surface area contributed by atoms with Crippen molar-refractivity contribution in [1.29, 1.82) is 0 Å². The van der Waals surface area contributed by atoms with Gasteiger partial charge in [-0.3, -0.25) is 14.6 Å². The third-order valence-electron chi connectivity index (χ3n) is 1.71. The number of pyridine rings is 1. The van der Waals surface area contributed by atoms with Crippen molar-refractivity contribution in [3.63, 3.8) is 0 Å². The highest BCUT2D eigenvalue weighted by molar-refractivity contribution is 5.92. The molecule has 1 fully saturated rings. The van der Waals surface area contributed by atoms with Gasteiger partial charge in [-0.2, -0.15) is 0 Å². The van der Waals surface area contributed by atoms with Crippen LogP contribution in [-0.4, -0.2) is 23.3 Å². The van der Waals surface area contributed by atoms with Crippen LogP contribution in [0.1, 0.15) is 6.42 Å². The second kappa shape index (κ2) is 3.95. The van der Waals surface area contributed by atoms with E-state index in [1.807, 2.05) is 0 Å². The second-order valence-electron chi connectivity index (χ2n) is 2.87. The highest BCUT2D eigenvalue weighted by Gasteiger charge is 2.27. The fourth-order valence-corrected chi connectivity index (χ4v) is 1.11. The monoisotopic (exact) mass is 208 g/mol. The number of hydrogen-bond acceptors (Lipinski definition) is 6. The SMILES string of the molecule is O=C1CC(=O)OC(Nc2cccnc2)O1. The molecule has 0 unspecified atom stereocenters. The van der Waals surface area contributed by atoms with Crippen LogP contribution in [0.5, 0.6) is 0 Å². The number of carbonyl (C=O) groups excluding carboxylic acids is 2. The summed E-state index contributed by atoms with van der Waals surface area (Å²) in [4.78, 5) is 25.6. The number of nitrogens with one attached hydrogen (secondary N) is 1. The molecular formula is C9H8N2O4. The Kier molecular flexibility index (Phi) is 2.49. The second-order valence-corrected chi connectivity index (χ2v) is 2.87. The molecule has 0 amide bonds. The standard InChI is InChI=1S/C9H8N2O4/c12-7-4-8(13)15-9(14-7)11-6-2-1-3-10-5-6/h1-3,5,9,11H,4H2. The molecule has 1 N–H and O–H groups in total. The molecule has 0 spiro atoms. The molecule has 78 valence electrons. The average Bonchev–Trinajstić information content (AvgIpc) is 2.17. The van der Waals surface area contributed by atoms with E-state index in [9.17, 15) is 9.59 Å². The zero-order valence-corrected chi connectivity index (χ0v) is 7.67. The average molecular weight is 208 g/mol. The molecule has 1 aliphatic rings. The van der Waals surface area contributed by atoms with Gasteiger partial charge < -0.3 is 14.8 Å². The van der Waals surface area contributed by atoms with Crippen molar-refractivity contribution in [2.24, 2.45) is 0 Å². The minimum atomic E-state index is -1.07. The zero-order valence-electron chi connectivity index (χ0n) is 7.67. The lowest BCUT2D eigenvalue weighted by atomic mass is 10.4. The summed E-state index contributed by atoms with van der Waals surface area (Å²) in [7, 11) is 0. The number of anilines is 1. The van der Waals surface area contributed by atoms with Gasteiger partial charge in [0.2, 0.25) is 0 Å². The van der Waals surface area contributed by atoms with Crippen molar-refractivity contribution >= 4 is 17.6 Å². The van der Waals surface area contributed by atoms with Crippen LogP contribution in [0, 0.1) is 0 Å². The van der Waals surface area contributed by atoms with Crippen LogP contribution in [0.15, 0.2) is 24.5 Å². The molecule has 6 heteroatoms. The predicted molar refractivity (Wildman–Crippen MR) is 48.4 cm³/mol. The Morgan fingerprint density at radius 2 is 2.07 bits per heavy atom. The smallest absolute Gasteiger partial charge is 0.329 e. The van der Waals surface area contributed by atoms with E-state index < -0.39 is 18.4 Å². The maximum atomic E-state index is 10.9. The van der Waals surface area contributed by atoms with Gasteiger partial charge in [-0.25, -0.2) is 0 Å². The Labute approximate surface area is 85.2 Å². The van der Waals surface area contributed by atoms with Gasteiger partial charge in [-0.1, -0.05) is 0 Å². The summed E-state index contributed by atoms with van der Waals surface area (Å²) in [5, 5.41) is 2.69. The minimum absolute atomic E-state index is 0.342. The van der Waals surface area contributed by atoms with E-state index in [1.54, 1.807) is 18.3 Å². The molecule has 0 aliphatic carbocycles. The number of aromatic nitrogens is 1. The van der Waals surface area contributed by atoms with Crippen LogP contribution in [0.2, 0.25) is 0 Å². The molecule has 1 aromatic heterocycles. The third-order valence-corrected chi connectivity index (χ3v) is 1.71. The molecule has 15 heavy (non-hydrogen) atoms. The normalized spacial score (nSPS) is 16.8. The molecule has 2 rings (SSSR count). The maximum absolute atomic E-state index is 10.9. The Morgan fingerprint density at radius 1 is 1.33 bits per heavy atom. The Hall–Kier alpha value is -2.11. The summed E-state index contributed by atoms with van der Waals surface area (Å²) < 4.78 is 9.48. The molecule has 1 aromatic rings. The fourth-order valence-electron chi connectivity index (χ4n) is 1.11. The molecule has 2 heterocycles. The summed E-state index contributed by atoms with van der Waals surface area (Å²) in [6.45, 7) is 0. The van der Waals surface area contributed by atoms with E-state index in [-0.39, 0.29) is 6.42 Å². The van der Waals surface area contributed by atoms with Crippen LogP contribution in [0.25, 0.3) is 0 Å². The van der Waals surface area contributed by atoms with Crippen LogP contribution >= 0.6 is 0 Å². The van der Waals surface area contributed by atoms with Crippen molar-refractivity contribution in [2.45, 2.75) is 12.8 Å². The summed E-state index contributed by atoms with van der Waals surface area (Å²) in [6.07, 6.45) is 1.72. The number of esters is 2. The van der Waals surface area contributed by atoms with Crippen LogP contribution < -0.4 is 5.32 Å². The summed E-state index contributed by atoms with van der Waals surface area (Å²) in [5.74, 6) is -1.21. The van der Waals surface area contributed by atoms with Gasteiger partial charge in [0, 0.05) is 6.20 Å². The number of ether oxygens (including phenoxy) is 2. The van der Waals surface area contributed by atoms with Crippen molar-refractivity contribution < 1.29 is 19.1 Å². The Bertz CT molecular complexity index is 363. The first-order valence-corrected chi connectivity index (χ1v) is 4.29. The fraction of sp³-hybridized carbons (Fsp3) is 0.222. The quantitative estimate of drug-likeness (QED) is 0.555. The predicted octanol–water partition coefficient (Wildman–Crippen LogP) is 0.267. The number of carbonyl (C=O) groups is 2. The molecule has 0 aromatic carbocycles. The van der Waals surface area contributed by atoms with E-state index in [2.05, 4.69) is 10.3 Å². The molecule has 1 aliphatic heterocycles. The van der Waals surface area contributed by atoms with Gasteiger partial charge in [0.1, 0.15) is 6.42 Å². The van der Waals surface area contributed by atoms with Crippen LogP contribution in [0.4, 0.5) is 5.69 Å². The number of rotatable bonds is 2. The molecular weight excluding hydrogens is 200 g/mol. The van der Waals surface area contributed by atoms with E-state index >= 15 is 0 Å². The molecule has 0 radical (unpaired) electrons. The molecule has 0 atom stereocenters. The summed E-state index contributed by atoms with van der Waals surface area (Å²) in [5.41, 5.74) is 0.602. The Morgan fingerprint density at radius 3 is 2.67 bits per heavy atom.